The Kier molecular flexibility index (Phi) is 7.07. The van der Waals surface area contributed by atoms with E-state index in [1.807, 2.05) is 45.0 Å². The standard InChI is InChI=1S/C19H32N2O2/c1-8-13(2)14(3)20-15(4)16-9-11-17(12-10-16)21-18(22)23-19(5,6)7/h9-15,20H,8H2,1-7H3,(H,21,22). The van der Waals surface area contributed by atoms with Gasteiger partial charge in [-0.15, -0.1) is 0 Å². The van der Waals surface area contributed by atoms with E-state index in [2.05, 4.69) is 38.3 Å². The van der Waals surface area contributed by atoms with Crippen molar-refractivity contribution < 1.29 is 9.53 Å². The van der Waals surface area contributed by atoms with Crippen LogP contribution in [0.25, 0.3) is 0 Å². The second-order valence-corrected chi connectivity index (χ2v) is 7.31. The van der Waals surface area contributed by atoms with Gasteiger partial charge in [0.05, 0.1) is 0 Å². The first kappa shape index (κ1) is 19.5. The van der Waals surface area contributed by atoms with Gasteiger partial charge < -0.3 is 10.1 Å². The molecule has 0 saturated carbocycles. The summed E-state index contributed by atoms with van der Waals surface area (Å²) < 4.78 is 5.25. The van der Waals surface area contributed by atoms with Gasteiger partial charge in [0.2, 0.25) is 0 Å². The third-order valence-corrected chi connectivity index (χ3v) is 4.07. The molecule has 0 bridgehead atoms. The van der Waals surface area contributed by atoms with Crippen molar-refractivity contribution in [2.45, 2.75) is 72.6 Å². The maximum atomic E-state index is 11.8. The van der Waals surface area contributed by atoms with Gasteiger partial charge in [-0.05, 0) is 58.2 Å². The smallest absolute Gasteiger partial charge is 0.412 e. The Morgan fingerprint density at radius 3 is 2.17 bits per heavy atom. The van der Waals surface area contributed by atoms with Crippen molar-refractivity contribution in [2.24, 2.45) is 5.92 Å². The fourth-order valence-corrected chi connectivity index (χ4v) is 2.28. The molecule has 0 spiro atoms. The monoisotopic (exact) mass is 320 g/mol. The zero-order chi connectivity index (χ0) is 17.6. The van der Waals surface area contributed by atoms with Crippen molar-refractivity contribution in [3.8, 4) is 0 Å². The van der Waals surface area contributed by atoms with Crippen LogP contribution >= 0.6 is 0 Å². The number of amides is 1. The van der Waals surface area contributed by atoms with Crippen molar-refractivity contribution in [2.75, 3.05) is 5.32 Å². The number of carbonyl (C=O) groups excluding carboxylic acids is 1. The maximum Gasteiger partial charge on any atom is 0.412 e. The topological polar surface area (TPSA) is 50.4 Å². The summed E-state index contributed by atoms with van der Waals surface area (Å²) in [6.45, 7) is 14.4. The number of anilines is 1. The minimum absolute atomic E-state index is 0.273. The summed E-state index contributed by atoms with van der Waals surface area (Å²) >= 11 is 0. The largest absolute Gasteiger partial charge is 0.444 e. The van der Waals surface area contributed by atoms with Gasteiger partial charge >= 0.3 is 6.09 Å². The van der Waals surface area contributed by atoms with E-state index in [1.165, 1.54) is 12.0 Å². The van der Waals surface area contributed by atoms with Gasteiger partial charge in [-0.1, -0.05) is 32.4 Å². The Morgan fingerprint density at radius 2 is 1.70 bits per heavy atom. The summed E-state index contributed by atoms with van der Waals surface area (Å²) in [6, 6.07) is 8.63. The van der Waals surface area contributed by atoms with Crippen molar-refractivity contribution in [1.82, 2.24) is 5.32 Å². The van der Waals surface area contributed by atoms with E-state index in [-0.39, 0.29) is 6.04 Å². The fraction of sp³-hybridized carbons (Fsp3) is 0.632. The Morgan fingerprint density at radius 1 is 1.13 bits per heavy atom. The van der Waals surface area contributed by atoms with Gasteiger partial charge in [0.25, 0.3) is 0 Å². The molecule has 1 rings (SSSR count). The first-order chi connectivity index (χ1) is 10.6. The highest BCUT2D eigenvalue weighted by Gasteiger charge is 2.17. The highest BCUT2D eigenvalue weighted by atomic mass is 16.6. The third kappa shape index (κ3) is 7.04. The molecule has 4 heteroatoms. The molecule has 3 atom stereocenters. The van der Waals surface area contributed by atoms with E-state index in [0.29, 0.717) is 12.0 Å². The zero-order valence-electron chi connectivity index (χ0n) is 15.6. The minimum Gasteiger partial charge on any atom is -0.444 e. The van der Waals surface area contributed by atoms with Crippen molar-refractivity contribution in [3.05, 3.63) is 29.8 Å². The molecule has 0 aliphatic rings. The number of rotatable bonds is 6. The van der Waals surface area contributed by atoms with Crippen LogP contribution in [0.4, 0.5) is 10.5 Å². The first-order valence-electron chi connectivity index (χ1n) is 8.48. The van der Waals surface area contributed by atoms with E-state index in [4.69, 9.17) is 4.74 Å². The van der Waals surface area contributed by atoms with Crippen LogP contribution in [0.2, 0.25) is 0 Å². The van der Waals surface area contributed by atoms with Gasteiger partial charge in [0, 0.05) is 17.8 Å². The molecule has 0 aliphatic carbocycles. The highest BCUT2D eigenvalue weighted by molar-refractivity contribution is 5.84. The SMILES string of the molecule is CCC(C)C(C)NC(C)c1ccc(NC(=O)OC(C)(C)C)cc1. The molecule has 0 aliphatic heterocycles. The molecule has 0 aromatic heterocycles. The molecule has 0 fully saturated rings. The lowest BCUT2D eigenvalue weighted by Gasteiger charge is -2.25. The Labute approximate surface area is 141 Å². The van der Waals surface area contributed by atoms with E-state index in [1.54, 1.807) is 0 Å². The average molecular weight is 320 g/mol. The van der Waals surface area contributed by atoms with Gasteiger partial charge in [-0.2, -0.15) is 0 Å². The van der Waals surface area contributed by atoms with Gasteiger partial charge in [-0.25, -0.2) is 4.79 Å². The number of carbonyl (C=O) groups is 1. The van der Waals surface area contributed by atoms with Crippen molar-refractivity contribution in [1.29, 1.82) is 0 Å². The van der Waals surface area contributed by atoms with Crippen LogP contribution < -0.4 is 10.6 Å². The van der Waals surface area contributed by atoms with Crippen LogP contribution in [0.3, 0.4) is 0 Å². The van der Waals surface area contributed by atoms with Crippen LogP contribution in [0.1, 0.15) is 66.5 Å². The molecule has 1 aromatic rings. The summed E-state index contributed by atoms with van der Waals surface area (Å²) in [5.74, 6) is 0.644. The first-order valence-corrected chi connectivity index (χ1v) is 8.48. The Balaban J connectivity index is 2.60. The average Bonchev–Trinajstić information content (AvgIpc) is 2.44. The molecular weight excluding hydrogens is 288 g/mol. The molecule has 1 aromatic carbocycles. The predicted molar refractivity (Wildman–Crippen MR) is 96.8 cm³/mol. The van der Waals surface area contributed by atoms with Crippen LogP contribution in [0, 0.1) is 5.92 Å². The summed E-state index contributed by atoms with van der Waals surface area (Å²) in [7, 11) is 0. The number of hydrogen-bond acceptors (Lipinski definition) is 3. The second-order valence-electron chi connectivity index (χ2n) is 7.31. The highest BCUT2D eigenvalue weighted by Crippen LogP contribution is 2.19. The molecular formula is C19H32N2O2. The second kappa shape index (κ2) is 8.34. The molecule has 2 N–H and O–H groups in total. The number of nitrogens with one attached hydrogen (secondary N) is 2. The van der Waals surface area contributed by atoms with Crippen molar-refractivity contribution in [3.63, 3.8) is 0 Å². The molecule has 130 valence electrons. The van der Waals surface area contributed by atoms with Crippen LogP contribution in [0.15, 0.2) is 24.3 Å². The predicted octanol–water partition coefficient (Wildman–Crippen LogP) is 5.12. The number of ether oxygens (including phenoxy) is 1. The van der Waals surface area contributed by atoms with Crippen LogP contribution in [-0.2, 0) is 4.74 Å². The molecule has 4 nitrogen and oxygen atoms in total. The normalized spacial score (nSPS) is 15.6. The molecule has 0 radical (unpaired) electrons. The van der Waals surface area contributed by atoms with Crippen molar-refractivity contribution >= 4 is 11.8 Å². The quantitative estimate of drug-likeness (QED) is 0.765. The van der Waals surface area contributed by atoms with Gasteiger partial charge in [0.1, 0.15) is 5.60 Å². The van der Waals surface area contributed by atoms with E-state index in [9.17, 15) is 4.79 Å². The lowest BCUT2D eigenvalue weighted by Crippen LogP contribution is -2.33. The minimum atomic E-state index is -0.492. The van der Waals surface area contributed by atoms with Gasteiger partial charge in [0.15, 0.2) is 0 Å². The summed E-state index contributed by atoms with van der Waals surface area (Å²) in [5.41, 5.74) is 1.45. The molecule has 0 saturated heterocycles. The lowest BCUT2D eigenvalue weighted by molar-refractivity contribution is 0.0636. The molecule has 3 unspecified atom stereocenters. The Hall–Kier alpha value is -1.55. The zero-order valence-corrected chi connectivity index (χ0v) is 15.6. The third-order valence-electron chi connectivity index (χ3n) is 4.07. The summed E-state index contributed by atoms with van der Waals surface area (Å²) in [5, 5.41) is 6.38. The molecule has 1 amide bonds. The van der Waals surface area contributed by atoms with Crippen LogP contribution in [0.5, 0.6) is 0 Å². The maximum absolute atomic E-state index is 11.8. The summed E-state index contributed by atoms with van der Waals surface area (Å²) in [4.78, 5) is 11.8. The van der Waals surface area contributed by atoms with Crippen LogP contribution in [-0.4, -0.2) is 17.7 Å². The van der Waals surface area contributed by atoms with E-state index in [0.717, 1.165) is 5.69 Å². The lowest BCUT2D eigenvalue weighted by atomic mass is 9.98. The van der Waals surface area contributed by atoms with Gasteiger partial charge in [-0.3, -0.25) is 5.32 Å². The van der Waals surface area contributed by atoms with E-state index < -0.39 is 11.7 Å². The Bertz CT molecular complexity index is 491. The summed E-state index contributed by atoms with van der Waals surface area (Å²) in [6.07, 6.45) is 0.737. The molecule has 23 heavy (non-hydrogen) atoms. The number of benzene rings is 1. The fourth-order valence-electron chi connectivity index (χ4n) is 2.28. The molecule has 0 heterocycles. The van der Waals surface area contributed by atoms with E-state index >= 15 is 0 Å². The number of hydrogen-bond donors (Lipinski definition) is 2.